The number of carbonyl (C=O) groups excluding carboxylic acids is 1. The highest BCUT2D eigenvalue weighted by Crippen LogP contribution is 2.25. The predicted molar refractivity (Wildman–Crippen MR) is 147 cm³/mol. The van der Waals surface area contributed by atoms with Gasteiger partial charge in [0.15, 0.2) is 6.61 Å². The molecule has 0 saturated heterocycles. The highest BCUT2D eigenvalue weighted by molar-refractivity contribution is 9.10. The molecule has 11 heteroatoms. The number of nitro groups is 1. The topological polar surface area (TPSA) is 134 Å². The van der Waals surface area contributed by atoms with Gasteiger partial charge < -0.3 is 15.3 Å². The van der Waals surface area contributed by atoms with Gasteiger partial charge in [-0.3, -0.25) is 24.6 Å². The van der Waals surface area contributed by atoms with E-state index >= 15 is 0 Å². The second-order valence-corrected chi connectivity index (χ2v) is 10.2. The van der Waals surface area contributed by atoms with Crippen LogP contribution in [0.15, 0.2) is 52.1 Å². The second-order valence-electron chi connectivity index (χ2n) is 9.33. The number of nitro benzene ring substituents is 1. The van der Waals surface area contributed by atoms with Gasteiger partial charge in [0.1, 0.15) is 5.71 Å². The predicted octanol–water partition coefficient (Wildman–Crippen LogP) is 4.73. The first-order valence-corrected chi connectivity index (χ1v) is 13.5. The Kier molecular flexibility index (Phi) is 11.2. The van der Waals surface area contributed by atoms with Gasteiger partial charge in [-0.05, 0) is 49.6 Å². The molecule has 1 amide bonds. The first-order chi connectivity index (χ1) is 18.3. The molecule has 0 atom stereocenters. The third kappa shape index (κ3) is 8.91. The van der Waals surface area contributed by atoms with Crippen LogP contribution in [0.5, 0.6) is 0 Å². The van der Waals surface area contributed by atoms with E-state index in [0.717, 1.165) is 17.3 Å². The lowest BCUT2D eigenvalue weighted by Crippen LogP contribution is -2.32. The summed E-state index contributed by atoms with van der Waals surface area (Å²) in [6, 6.07) is 11.9. The Bertz CT molecular complexity index is 1170. The number of likely N-dealkylation sites (N-methyl/N-ethyl adjacent to an activating group) is 1. The lowest BCUT2D eigenvalue weighted by molar-refractivity contribution is -0.385. The van der Waals surface area contributed by atoms with Crippen LogP contribution < -0.4 is 5.32 Å². The number of halogens is 1. The fourth-order valence-electron chi connectivity index (χ4n) is 4.51. The Morgan fingerprint density at radius 3 is 2.58 bits per heavy atom. The van der Waals surface area contributed by atoms with Crippen molar-refractivity contribution in [2.24, 2.45) is 11.1 Å². The number of nitrogens with zero attached hydrogens (tertiary/aromatic N) is 3. The standard InChI is InChI=1S/C27H33BrN4O6/c1-2-31(17-26(34)35)16-22-13-21(11-12-24(22)32(36)37)27(20-9-6-10-23(28)14-20)30-38-18-25(33)29-15-19-7-4-3-5-8-19/h6,9-14,19H,2-5,7-8,15-18H2,1H3,(H,29,33)(H,34,35)/b30-27-. The minimum atomic E-state index is -1.02. The number of carboxylic acids is 1. The summed E-state index contributed by atoms with van der Waals surface area (Å²) in [4.78, 5) is 41.9. The van der Waals surface area contributed by atoms with Crippen LogP contribution in [0.25, 0.3) is 0 Å². The maximum Gasteiger partial charge on any atom is 0.317 e. The number of carbonyl (C=O) groups is 2. The molecule has 2 N–H and O–H groups in total. The van der Waals surface area contributed by atoms with E-state index in [1.54, 1.807) is 24.0 Å². The fraction of sp³-hybridized carbons (Fsp3) is 0.444. The first-order valence-electron chi connectivity index (χ1n) is 12.7. The molecule has 10 nitrogen and oxygen atoms in total. The van der Waals surface area contributed by atoms with Crippen molar-refractivity contribution in [3.05, 3.63) is 73.7 Å². The largest absolute Gasteiger partial charge is 0.480 e. The minimum absolute atomic E-state index is 0.0726. The van der Waals surface area contributed by atoms with E-state index in [-0.39, 0.29) is 31.3 Å². The Morgan fingerprint density at radius 1 is 1.18 bits per heavy atom. The SMILES string of the molecule is CCN(CC(=O)O)Cc1cc(/C(=N\OCC(=O)NCC2CCCCC2)c2cccc(Br)c2)ccc1[N+](=O)[O-]. The number of oxime groups is 1. The van der Waals surface area contributed by atoms with E-state index in [2.05, 4.69) is 26.4 Å². The average molecular weight is 589 g/mol. The van der Waals surface area contributed by atoms with Crippen LogP contribution in [0.3, 0.4) is 0 Å². The minimum Gasteiger partial charge on any atom is -0.480 e. The van der Waals surface area contributed by atoms with Crippen LogP contribution in [0.4, 0.5) is 5.69 Å². The van der Waals surface area contributed by atoms with Crippen LogP contribution in [0, 0.1) is 16.0 Å². The van der Waals surface area contributed by atoms with Crippen molar-refractivity contribution in [2.75, 3.05) is 26.2 Å². The molecule has 1 fully saturated rings. The number of hydrogen-bond donors (Lipinski definition) is 2. The first kappa shape index (κ1) is 29.2. The van der Waals surface area contributed by atoms with E-state index in [9.17, 15) is 24.8 Å². The van der Waals surface area contributed by atoms with E-state index in [0.29, 0.717) is 41.4 Å². The van der Waals surface area contributed by atoms with Crippen LogP contribution >= 0.6 is 15.9 Å². The quantitative estimate of drug-likeness (QED) is 0.196. The lowest BCUT2D eigenvalue weighted by Gasteiger charge is -2.21. The summed E-state index contributed by atoms with van der Waals surface area (Å²) in [7, 11) is 0. The van der Waals surface area contributed by atoms with Crippen molar-refractivity contribution in [3.8, 4) is 0 Å². The lowest BCUT2D eigenvalue weighted by atomic mass is 9.89. The molecule has 0 aromatic heterocycles. The number of amides is 1. The second kappa shape index (κ2) is 14.6. The molecule has 0 spiro atoms. The summed E-state index contributed by atoms with van der Waals surface area (Å²) in [5, 5.41) is 28.1. The highest BCUT2D eigenvalue weighted by atomic mass is 79.9. The molecule has 0 aliphatic heterocycles. The van der Waals surface area contributed by atoms with E-state index < -0.39 is 10.9 Å². The molecular formula is C27H33BrN4O6. The van der Waals surface area contributed by atoms with Crippen LogP contribution in [-0.2, 0) is 21.0 Å². The maximum absolute atomic E-state index is 12.4. The van der Waals surface area contributed by atoms with Crippen molar-refractivity contribution < 1.29 is 24.5 Å². The normalized spacial score (nSPS) is 14.3. The van der Waals surface area contributed by atoms with Crippen LogP contribution in [0.1, 0.15) is 55.7 Å². The Morgan fingerprint density at radius 2 is 1.92 bits per heavy atom. The number of nitrogens with one attached hydrogen (secondary N) is 1. The monoisotopic (exact) mass is 588 g/mol. The summed E-state index contributed by atoms with van der Waals surface area (Å²) >= 11 is 3.45. The van der Waals surface area contributed by atoms with E-state index in [4.69, 9.17) is 4.84 Å². The summed E-state index contributed by atoms with van der Waals surface area (Å²) in [6.07, 6.45) is 5.89. The molecule has 0 heterocycles. The van der Waals surface area contributed by atoms with Gasteiger partial charge in [0.25, 0.3) is 11.6 Å². The summed E-state index contributed by atoms with van der Waals surface area (Å²) < 4.78 is 0.800. The number of carboxylic acid groups (broad SMARTS) is 1. The van der Waals surface area contributed by atoms with Crippen molar-refractivity contribution in [2.45, 2.75) is 45.6 Å². The number of hydrogen-bond acceptors (Lipinski definition) is 7. The molecular weight excluding hydrogens is 556 g/mol. The zero-order valence-electron chi connectivity index (χ0n) is 21.4. The number of aliphatic carboxylic acids is 1. The summed E-state index contributed by atoms with van der Waals surface area (Å²) in [6.45, 7) is 2.39. The summed E-state index contributed by atoms with van der Waals surface area (Å²) in [5.74, 6) is -0.780. The zero-order chi connectivity index (χ0) is 27.5. The van der Waals surface area contributed by atoms with Gasteiger partial charge in [0, 0.05) is 40.3 Å². The smallest absolute Gasteiger partial charge is 0.317 e. The van der Waals surface area contributed by atoms with Gasteiger partial charge in [0.2, 0.25) is 0 Å². The average Bonchev–Trinajstić information content (AvgIpc) is 2.89. The van der Waals surface area contributed by atoms with Crippen molar-refractivity contribution >= 4 is 39.2 Å². The maximum atomic E-state index is 12.4. The van der Waals surface area contributed by atoms with Gasteiger partial charge in [0.05, 0.1) is 11.5 Å². The van der Waals surface area contributed by atoms with E-state index in [1.165, 1.54) is 25.3 Å². The van der Waals surface area contributed by atoms with Gasteiger partial charge in [-0.1, -0.05) is 59.4 Å². The molecule has 1 saturated carbocycles. The van der Waals surface area contributed by atoms with Gasteiger partial charge in [-0.2, -0.15) is 0 Å². The molecule has 0 bridgehead atoms. The molecule has 204 valence electrons. The molecule has 2 aromatic carbocycles. The third-order valence-corrected chi connectivity index (χ3v) is 7.01. The Labute approximate surface area is 230 Å². The van der Waals surface area contributed by atoms with Crippen molar-refractivity contribution in [3.63, 3.8) is 0 Å². The van der Waals surface area contributed by atoms with Gasteiger partial charge >= 0.3 is 5.97 Å². The molecule has 1 aliphatic carbocycles. The third-order valence-electron chi connectivity index (χ3n) is 6.51. The number of benzene rings is 2. The van der Waals surface area contributed by atoms with Gasteiger partial charge in [-0.15, -0.1) is 0 Å². The Balaban J connectivity index is 1.84. The van der Waals surface area contributed by atoms with E-state index in [1.807, 2.05) is 24.3 Å². The molecule has 2 aromatic rings. The fourth-order valence-corrected chi connectivity index (χ4v) is 4.91. The molecule has 1 aliphatic rings. The van der Waals surface area contributed by atoms with Crippen LogP contribution in [0.2, 0.25) is 0 Å². The van der Waals surface area contributed by atoms with Crippen molar-refractivity contribution in [1.82, 2.24) is 10.2 Å². The number of rotatable bonds is 13. The molecule has 38 heavy (non-hydrogen) atoms. The summed E-state index contributed by atoms with van der Waals surface area (Å²) in [5.41, 5.74) is 1.85. The van der Waals surface area contributed by atoms with Crippen LogP contribution in [-0.4, -0.2) is 58.8 Å². The highest BCUT2D eigenvalue weighted by Gasteiger charge is 2.21. The molecule has 0 radical (unpaired) electrons. The van der Waals surface area contributed by atoms with Gasteiger partial charge in [-0.25, -0.2) is 0 Å². The Hall–Kier alpha value is -3.31. The molecule has 0 unspecified atom stereocenters. The zero-order valence-corrected chi connectivity index (χ0v) is 23.0. The van der Waals surface area contributed by atoms with Crippen molar-refractivity contribution in [1.29, 1.82) is 0 Å². The molecule has 3 rings (SSSR count).